The molecular formula is C33H32N8O. The lowest BCUT2D eigenvalue weighted by molar-refractivity contribution is 0.0997. The molecule has 1 amide bonds. The van der Waals surface area contributed by atoms with E-state index in [0.29, 0.717) is 12.4 Å². The van der Waals surface area contributed by atoms with Crippen LogP contribution in [0.25, 0.3) is 27.7 Å². The van der Waals surface area contributed by atoms with E-state index in [1.165, 1.54) is 12.8 Å². The Bertz CT molecular complexity index is 1910. The summed E-state index contributed by atoms with van der Waals surface area (Å²) in [6, 6.07) is 13.9. The molecule has 0 spiro atoms. The zero-order valence-corrected chi connectivity index (χ0v) is 24.0. The van der Waals surface area contributed by atoms with Gasteiger partial charge in [-0.05, 0) is 68.2 Å². The van der Waals surface area contributed by atoms with Crippen molar-refractivity contribution in [3.8, 4) is 11.1 Å². The molecule has 42 heavy (non-hydrogen) atoms. The molecular weight excluding hydrogens is 524 g/mol. The largest absolute Gasteiger partial charge is 0.359 e. The summed E-state index contributed by atoms with van der Waals surface area (Å²) in [5, 5.41) is 9.95. The first-order valence-corrected chi connectivity index (χ1v) is 14.2. The van der Waals surface area contributed by atoms with Gasteiger partial charge < -0.3 is 9.88 Å². The Morgan fingerprint density at radius 3 is 2.76 bits per heavy atom. The summed E-state index contributed by atoms with van der Waals surface area (Å²) in [7, 11) is 1.89. The number of aromatic nitrogens is 5. The molecule has 9 heteroatoms. The number of hydrogen-bond donors (Lipinski definition) is 1. The van der Waals surface area contributed by atoms with Crippen molar-refractivity contribution in [2.24, 2.45) is 23.0 Å². The van der Waals surface area contributed by atoms with Gasteiger partial charge in [0.15, 0.2) is 5.82 Å². The van der Waals surface area contributed by atoms with Gasteiger partial charge in [0.2, 0.25) is 0 Å². The van der Waals surface area contributed by atoms with Crippen molar-refractivity contribution < 1.29 is 4.79 Å². The van der Waals surface area contributed by atoms with E-state index in [0.717, 1.165) is 73.8 Å². The number of carbonyl (C=O) groups is 1. The molecule has 0 bridgehead atoms. The minimum atomic E-state index is -0.00699. The molecule has 7 rings (SSSR count). The number of amides is 1. The monoisotopic (exact) mass is 556 g/mol. The van der Waals surface area contributed by atoms with Crippen molar-refractivity contribution in [2.75, 3.05) is 4.90 Å². The van der Waals surface area contributed by atoms with Crippen molar-refractivity contribution in [3.63, 3.8) is 0 Å². The fourth-order valence-electron chi connectivity index (χ4n) is 5.78. The molecule has 2 aliphatic rings. The van der Waals surface area contributed by atoms with Crippen LogP contribution in [0, 0.1) is 12.8 Å². The molecule has 210 valence electrons. The molecule has 3 aromatic heterocycles. The number of benzene rings is 2. The van der Waals surface area contributed by atoms with Crippen molar-refractivity contribution in [2.45, 2.75) is 39.8 Å². The molecule has 1 aliphatic heterocycles. The molecule has 1 aliphatic carbocycles. The normalized spacial score (nSPS) is 15.6. The number of allylic oxidation sites excluding steroid dienone is 1. The van der Waals surface area contributed by atoms with Crippen LogP contribution in [0.1, 0.15) is 46.9 Å². The predicted molar refractivity (Wildman–Crippen MR) is 167 cm³/mol. The molecule has 1 saturated carbocycles. The second kappa shape index (κ2) is 10.1. The van der Waals surface area contributed by atoms with Crippen molar-refractivity contribution in [3.05, 3.63) is 89.0 Å². The maximum Gasteiger partial charge on any atom is 0.259 e. The Labute approximate surface area is 243 Å². The molecule has 0 unspecified atom stereocenters. The quantitative estimate of drug-likeness (QED) is 0.222. The first kappa shape index (κ1) is 25.9. The second-order valence-corrected chi connectivity index (χ2v) is 11.2. The van der Waals surface area contributed by atoms with Gasteiger partial charge in [0.25, 0.3) is 5.91 Å². The van der Waals surface area contributed by atoms with Gasteiger partial charge >= 0.3 is 0 Å². The molecule has 1 fully saturated rings. The molecule has 0 atom stereocenters. The van der Waals surface area contributed by atoms with Crippen LogP contribution < -0.4 is 4.90 Å². The first-order chi connectivity index (χ1) is 20.4. The molecule has 9 nitrogen and oxygen atoms in total. The Hall–Kier alpha value is -5.05. The average molecular weight is 557 g/mol. The number of aromatic amines is 1. The number of carbonyl (C=O) groups excluding carboxylic acids is 1. The zero-order chi connectivity index (χ0) is 29.0. The van der Waals surface area contributed by atoms with E-state index in [9.17, 15) is 4.79 Å². The SMILES string of the molecule is C=N/C(=C(/C)C=Nc1cc(C)n(C)n1)c1c[nH]c2c(N3Cc4c(cccc4-c4cnn(CC5CC5)c4)C3=O)cccc12. The van der Waals surface area contributed by atoms with Gasteiger partial charge in [0.05, 0.1) is 29.6 Å². The van der Waals surface area contributed by atoms with Gasteiger partial charge in [0.1, 0.15) is 0 Å². The third kappa shape index (κ3) is 4.47. The number of H-pyrrole nitrogens is 1. The number of hydrogen-bond acceptors (Lipinski definition) is 5. The van der Waals surface area contributed by atoms with E-state index in [1.807, 2.05) is 79.3 Å². The van der Waals surface area contributed by atoms with E-state index >= 15 is 0 Å². The van der Waals surface area contributed by atoms with Crippen LogP contribution in [0.15, 0.2) is 76.6 Å². The number of rotatable bonds is 8. The van der Waals surface area contributed by atoms with Gasteiger partial charge in [-0.15, -0.1) is 0 Å². The lowest BCUT2D eigenvalue weighted by Crippen LogP contribution is -2.23. The fraction of sp³-hybridized carbons (Fsp3) is 0.242. The van der Waals surface area contributed by atoms with Crippen LogP contribution in [0.4, 0.5) is 11.5 Å². The maximum absolute atomic E-state index is 13.8. The maximum atomic E-state index is 13.8. The van der Waals surface area contributed by atoms with Crippen molar-refractivity contribution >= 4 is 46.9 Å². The number of para-hydroxylation sites is 1. The molecule has 1 N–H and O–H groups in total. The smallest absolute Gasteiger partial charge is 0.259 e. The number of nitrogens with one attached hydrogen (secondary N) is 1. The van der Waals surface area contributed by atoms with Crippen molar-refractivity contribution in [1.82, 2.24) is 24.5 Å². The Balaban J connectivity index is 1.22. The highest BCUT2D eigenvalue weighted by Crippen LogP contribution is 2.39. The summed E-state index contributed by atoms with van der Waals surface area (Å²) in [6.45, 7) is 9.24. The molecule has 2 aromatic carbocycles. The summed E-state index contributed by atoms with van der Waals surface area (Å²) in [4.78, 5) is 27.9. The van der Waals surface area contributed by atoms with Crippen LogP contribution in [-0.4, -0.2) is 43.4 Å². The zero-order valence-electron chi connectivity index (χ0n) is 24.0. The summed E-state index contributed by atoms with van der Waals surface area (Å²) >= 11 is 0. The third-order valence-electron chi connectivity index (χ3n) is 8.32. The van der Waals surface area contributed by atoms with E-state index in [-0.39, 0.29) is 5.91 Å². The molecule has 5 aromatic rings. The van der Waals surface area contributed by atoms with Gasteiger partial charge in [-0.3, -0.25) is 19.2 Å². The van der Waals surface area contributed by atoms with Crippen LogP contribution in [0.5, 0.6) is 0 Å². The minimum absolute atomic E-state index is 0.00699. The van der Waals surface area contributed by atoms with Crippen LogP contribution >= 0.6 is 0 Å². The first-order valence-electron chi connectivity index (χ1n) is 14.2. The van der Waals surface area contributed by atoms with E-state index in [2.05, 4.69) is 44.1 Å². The number of anilines is 1. The number of nitrogens with zero attached hydrogens (tertiary/aromatic N) is 7. The summed E-state index contributed by atoms with van der Waals surface area (Å²) in [6.07, 6.45) is 10.3. The van der Waals surface area contributed by atoms with E-state index in [4.69, 9.17) is 0 Å². The summed E-state index contributed by atoms with van der Waals surface area (Å²) in [5.41, 5.74) is 9.08. The van der Waals surface area contributed by atoms with Gasteiger partial charge in [-0.25, -0.2) is 4.99 Å². The Morgan fingerprint density at radius 2 is 2.00 bits per heavy atom. The lowest BCUT2D eigenvalue weighted by Gasteiger charge is -2.17. The highest BCUT2D eigenvalue weighted by molar-refractivity contribution is 6.15. The number of aryl methyl sites for hydroxylation is 2. The van der Waals surface area contributed by atoms with Gasteiger partial charge in [-0.1, -0.05) is 24.3 Å². The van der Waals surface area contributed by atoms with Crippen LogP contribution in [0.2, 0.25) is 0 Å². The van der Waals surface area contributed by atoms with Gasteiger partial charge in [-0.2, -0.15) is 10.2 Å². The second-order valence-electron chi connectivity index (χ2n) is 11.2. The van der Waals surface area contributed by atoms with Crippen LogP contribution in [0.3, 0.4) is 0 Å². The molecule has 0 radical (unpaired) electrons. The summed E-state index contributed by atoms with van der Waals surface area (Å²) < 4.78 is 3.83. The standard InChI is InChI=1S/C33H32N8O/c1-20(14-35-30-13-21(2)39(4)38-30)31(34-3)27-16-36-32-25(27)8-6-10-29(32)41-19-28-24(7-5-9-26(28)33(41)42)23-15-37-40(18-23)17-22-11-12-22/h5-10,13-16,18,22,36H,3,11-12,17,19H2,1-2,4H3/b31-20-,35-14?. The highest BCUT2D eigenvalue weighted by atomic mass is 16.2. The van der Waals surface area contributed by atoms with Gasteiger partial charge in [0, 0.05) is 66.0 Å². The Morgan fingerprint density at radius 1 is 1.19 bits per heavy atom. The average Bonchev–Trinajstić information content (AvgIpc) is 3.27. The Kier molecular flexibility index (Phi) is 6.22. The van der Waals surface area contributed by atoms with E-state index < -0.39 is 0 Å². The number of fused-ring (bicyclic) bond motifs is 2. The van der Waals surface area contributed by atoms with Crippen molar-refractivity contribution in [1.29, 1.82) is 0 Å². The third-order valence-corrected chi connectivity index (χ3v) is 8.32. The fourth-order valence-corrected chi connectivity index (χ4v) is 5.78. The molecule has 0 saturated heterocycles. The highest BCUT2D eigenvalue weighted by Gasteiger charge is 2.32. The minimum Gasteiger partial charge on any atom is -0.359 e. The topological polar surface area (TPSA) is 96.5 Å². The number of aliphatic imine (C=N–C) groups is 2. The lowest BCUT2D eigenvalue weighted by atomic mass is 9.99. The van der Waals surface area contributed by atoms with E-state index in [1.54, 1.807) is 10.9 Å². The predicted octanol–water partition coefficient (Wildman–Crippen LogP) is 6.48. The van der Waals surface area contributed by atoms with Crippen LogP contribution in [-0.2, 0) is 20.1 Å². The summed E-state index contributed by atoms with van der Waals surface area (Å²) in [5.74, 6) is 1.38. The molecule has 4 heterocycles.